The minimum absolute atomic E-state index is 0.105. The van der Waals surface area contributed by atoms with Crippen LogP contribution >= 0.6 is 27.5 Å². The number of hydrogen-bond acceptors (Lipinski definition) is 1. The van der Waals surface area contributed by atoms with Crippen LogP contribution in [0.5, 0.6) is 0 Å². The normalized spacial score (nSPS) is 11.6. The minimum Gasteiger partial charge on any atom is -0.284 e. The molecule has 1 aromatic carbocycles. The van der Waals surface area contributed by atoms with Crippen LogP contribution in [0.3, 0.4) is 0 Å². The van der Waals surface area contributed by atoms with Crippen molar-refractivity contribution >= 4 is 33.3 Å². The lowest BCUT2D eigenvalue weighted by Crippen LogP contribution is -2.23. The predicted molar refractivity (Wildman–Crippen MR) is 49.5 cm³/mol. The molecule has 0 fully saturated rings. The first kappa shape index (κ1) is 12.4. The first-order valence-electron chi connectivity index (χ1n) is 3.50. The van der Waals surface area contributed by atoms with Gasteiger partial charge < -0.3 is 0 Å². The Balaban J connectivity index is 3.29. The van der Waals surface area contributed by atoms with Crippen molar-refractivity contribution in [3.05, 3.63) is 33.0 Å². The molecule has 0 spiro atoms. The zero-order valence-corrected chi connectivity index (χ0v) is 9.17. The quantitative estimate of drug-likeness (QED) is 0.436. The third-order valence-corrected chi connectivity index (χ3v) is 2.86. The Hall–Kier alpha value is -0.620. The molecule has 0 N–H and O–H groups in total. The minimum atomic E-state index is -5.10. The number of alkyl halides is 3. The fourth-order valence-electron chi connectivity index (χ4n) is 0.854. The van der Waals surface area contributed by atoms with Gasteiger partial charge in [0.05, 0.1) is 15.1 Å². The molecule has 0 aliphatic carbocycles. The molecule has 1 rings (SSSR count). The van der Waals surface area contributed by atoms with Crippen LogP contribution in [-0.4, -0.2) is 12.0 Å². The predicted octanol–water partition coefficient (Wildman–Crippen LogP) is 3.99. The molecule has 0 aromatic heterocycles. The lowest BCUT2D eigenvalue weighted by atomic mass is 10.1. The molecular weight excluding hydrogens is 303 g/mol. The molecule has 0 aliphatic heterocycles. The average Bonchev–Trinajstić information content (AvgIpc) is 2.12. The molecule has 1 nitrogen and oxygen atoms in total. The summed E-state index contributed by atoms with van der Waals surface area (Å²) < 4.78 is 48.8. The van der Waals surface area contributed by atoms with Crippen LogP contribution in [0, 0.1) is 5.82 Å². The van der Waals surface area contributed by atoms with Crippen LogP contribution in [0.4, 0.5) is 17.6 Å². The highest BCUT2D eigenvalue weighted by Crippen LogP contribution is 2.31. The highest BCUT2D eigenvalue weighted by atomic mass is 79.9. The van der Waals surface area contributed by atoms with Crippen LogP contribution in [0.2, 0.25) is 5.02 Å². The summed E-state index contributed by atoms with van der Waals surface area (Å²) >= 11 is 8.06. The van der Waals surface area contributed by atoms with E-state index in [0.717, 1.165) is 6.07 Å². The number of carbonyl (C=O) groups excluding carboxylic acids is 1. The molecular formula is C8H2BrClF4O. The van der Waals surface area contributed by atoms with Crippen molar-refractivity contribution in [1.29, 1.82) is 0 Å². The summed E-state index contributed by atoms with van der Waals surface area (Å²) in [5.41, 5.74) is -1.06. The maximum absolute atomic E-state index is 13.2. The first-order valence-corrected chi connectivity index (χ1v) is 4.67. The van der Waals surface area contributed by atoms with Gasteiger partial charge in [-0.05, 0) is 28.1 Å². The van der Waals surface area contributed by atoms with Gasteiger partial charge in [-0.25, -0.2) is 4.39 Å². The fourth-order valence-corrected chi connectivity index (χ4v) is 1.35. The van der Waals surface area contributed by atoms with E-state index in [9.17, 15) is 22.4 Å². The SMILES string of the molecule is O=C(c1ccc(Cl)c(Br)c1F)C(F)(F)F. The van der Waals surface area contributed by atoms with E-state index in [1.807, 2.05) is 0 Å². The van der Waals surface area contributed by atoms with Crippen LogP contribution in [-0.2, 0) is 0 Å². The highest BCUT2D eigenvalue weighted by molar-refractivity contribution is 9.10. The van der Waals surface area contributed by atoms with E-state index in [1.54, 1.807) is 0 Å². The lowest BCUT2D eigenvalue weighted by Gasteiger charge is -2.07. The van der Waals surface area contributed by atoms with Crippen LogP contribution in [0.25, 0.3) is 0 Å². The standard InChI is InChI=1S/C8H2BrClF4O/c9-5-4(10)2-1-3(6(5)11)7(15)8(12,13)14/h1-2H. The number of ketones is 1. The maximum Gasteiger partial charge on any atom is 0.454 e. The summed E-state index contributed by atoms with van der Waals surface area (Å²) in [6, 6.07) is 1.70. The average molecular weight is 305 g/mol. The van der Waals surface area contributed by atoms with E-state index in [1.165, 1.54) is 0 Å². The van der Waals surface area contributed by atoms with Crippen molar-refractivity contribution in [3.8, 4) is 0 Å². The maximum atomic E-state index is 13.2. The Morgan fingerprint density at radius 1 is 1.33 bits per heavy atom. The summed E-state index contributed by atoms with van der Waals surface area (Å²) in [4.78, 5) is 10.7. The molecule has 1 aromatic rings. The Morgan fingerprint density at radius 2 is 1.87 bits per heavy atom. The lowest BCUT2D eigenvalue weighted by molar-refractivity contribution is -0.0887. The number of halogens is 6. The third kappa shape index (κ3) is 2.49. The van der Waals surface area contributed by atoms with E-state index in [2.05, 4.69) is 15.9 Å². The molecule has 0 heterocycles. The van der Waals surface area contributed by atoms with Gasteiger partial charge in [0, 0.05) is 0 Å². The molecule has 0 saturated heterocycles. The van der Waals surface area contributed by atoms with E-state index in [4.69, 9.17) is 11.6 Å². The Bertz CT molecular complexity index is 416. The summed E-state index contributed by atoms with van der Waals surface area (Å²) in [6.07, 6.45) is -5.10. The molecule has 0 bridgehead atoms. The molecule has 7 heteroatoms. The highest BCUT2D eigenvalue weighted by Gasteiger charge is 2.41. The van der Waals surface area contributed by atoms with E-state index in [-0.39, 0.29) is 9.50 Å². The summed E-state index contributed by atoms with van der Waals surface area (Å²) in [5.74, 6) is -3.55. The van der Waals surface area contributed by atoms with Crippen molar-refractivity contribution in [1.82, 2.24) is 0 Å². The van der Waals surface area contributed by atoms with Gasteiger partial charge in [-0.3, -0.25) is 4.79 Å². The molecule has 0 saturated carbocycles. The Kier molecular flexibility index (Phi) is 3.40. The summed E-state index contributed by atoms with van der Waals surface area (Å²) in [5, 5.41) is -0.105. The van der Waals surface area contributed by atoms with Gasteiger partial charge in [-0.2, -0.15) is 13.2 Å². The van der Waals surface area contributed by atoms with Crippen molar-refractivity contribution in [2.45, 2.75) is 6.18 Å². The molecule has 0 atom stereocenters. The summed E-state index contributed by atoms with van der Waals surface area (Å²) in [7, 11) is 0. The van der Waals surface area contributed by atoms with Crippen molar-refractivity contribution < 1.29 is 22.4 Å². The second kappa shape index (κ2) is 4.09. The Labute approximate surface area is 95.2 Å². The molecule has 0 aliphatic rings. The number of benzene rings is 1. The molecule has 15 heavy (non-hydrogen) atoms. The van der Waals surface area contributed by atoms with Gasteiger partial charge in [0.1, 0.15) is 5.82 Å². The van der Waals surface area contributed by atoms with Crippen LogP contribution in [0.1, 0.15) is 10.4 Å². The third-order valence-electron chi connectivity index (χ3n) is 1.54. The monoisotopic (exact) mass is 304 g/mol. The van der Waals surface area contributed by atoms with Gasteiger partial charge >= 0.3 is 6.18 Å². The van der Waals surface area contributed by atoms with Crippen molar-refractivity contribution in [3.63, 3.8) is 0 Å². The number of hydrogen-bond donors (Lipinski definition) is 0. The molecule has 0 unspecified atom stereocenters. The molecule has 82 valence electrons. The largest absolute Gasteiger partial charge is 0.454 e. The van der Waals surface area contributed by atoms with Gasteiger partial charge in [-0.1, -0.05) is 11.6 Å². The van der Waals surface area contributed by atoms with Crippen molar-refractivity contribution in [2.75, 3.05) is 0 Å². The second-order valence-corrected chi connectivity index (χ2v) is 3.75. The smallest absolute Gasteiger partial charge is 0.284 e. The second-order valence-electron chi connectivity index (χ2n) is 2.55. The first-order chi connectivity index (χ1) is 6.75. The zero-order chi connectivity index (χ0) is 11.8. The summed E-state index contributed by atoms with van der Waals surface area (Å²) in [6.45, 7) is 0. The van der Waals surface area contributed by atoms with Gasteiger partial charge in [-0.15, -0.1) is 0 Å². The van der Waals surface area contributed by atoms with E-state index >= 15 is 0 Å². The molecule has 0 amide bonds. The number of Topliss-reactive ketones (excluding diaryl/α,β-unsaturated/α-hetero) is 1. The van der Waals surface area contributed by atoms with E-state index < -0.39 is 23.3 Å². The van der Waals surface area contributed by atoms with Crippen molar-refractivity contribution in [2.24, 2.45) is 0 Å². The van der Waals surface area contributed by atoms with E-state index in [0.29, 0.717) is 6.07 Å². The molecule has 0 radical (unpaired) electrons. The number of carbonyl (C=O) groups is 1. The van der Waals surface area contributed by atoms with Crippen LogP contribution < -0.4 is 0 Å². The Morgan fingerprint density at radius 3 is 2.33 bits per heavy atom. The van der Waals surface area contributed by atoms with Crippen LogP contribution in [0.15, 0.2) is 16.6 Å². The van der Waals surface area contributed by atoms with Gasteiger partial charge in [0.25, 0.3) is 5.78 Å². The fraction of sp³-hybridized carbons (Fsp3) is 0.125. The topological polar surface area (TPSA) is 17.1 Å². The zero-order valence-electron chi connectivity index (χ0n) is 6.83. The van der Waals surface area contributed by atoms with Gasteiger partial charge in [0.2, 0.25) is 0 Å². The number of rotatable bonds is 1. The van der Waals surface area contributed by atoms with Gasteiger partial charge in [0.15, 0.2) is 0 Å².